The lowest BCUT2D eigenvalue weighted by Gasteiger charge is -2.41. The van der Waals surface area contributed by atoms with E-state index in [2.05, 4.69) is 19.2 Å². The maximum Gasteiger partial charge on any atom is 0.331 e. The van der Waals surface area contributed by atoms with E-state index in [1.165, 1.54) is 4.90 Å². The largest absolute Gasteiger partial charge is 0.331 e. The number of barbiturate groups is 1. The van der Waals surface area contributed by atoms with Gasteiger partial charge in [0.1, 0.15) is 5.92 Å². The lowest BCUT2D eigenvalue weighted by atomic mass is 9.75. The lowest BCUT2D eigenvalue weighted by Crippen LogP contribution is -2.61. The van der Waals surface area contributed by atoms with Gasteiger partial charge >= 0.3 is 6.03 Å². The number of rotatable bonds is 3. The van der Waals surface area contributed by atoms with Gasteiger partial charge in [-0.05, 0) is 37.5 Å². The van der Waals surface area contributed by atoms with Gasteiger partial charge in [0.15, 0.2) is 0 Å². The molecule has 2 aliphatic rings. The Morgan fingerprint density at radius 2 is 1.80 bits per heavy atom. The first kappa shape index (κ1) is 15.0. The smallest absolute Gasteiger partial charge is 0.277 e. The standard InChI is InChI=1S/C15H24N2O3/c1-4-5-11-12(18)16-14(20)17(13(11)19)10-6-8-15(2,3)9-7-10/h10-11H,4-9H2,1-3H3,(H,16,18,20). The van der Waals surface area contributed by atoms with Crippen LogP contribution in [0.4, 0.5) is 4.79 Å². The molecule has 4 amide bonds. The molecule has 1 saturated heterocycles. The average molecular weight is 280 g/mol. The molecule has 0 aromatic rings. The molecule has 0 spiro atoms. The first-order valence-electron chi connectivity index (χ1n) is 7.53. The highest BCUT2D eigenvalue weighted by atomic mass is 16.2. The van der Waals surface area contributed by atoms with E-state index in [4.69, 9.17) is 0 Å². The second-order valence-electron chi connectivity index (χ2n) is 6.74. The first-order valence-corrected chi connectivity index (χ1v) is 7.53. The Morgan fingerprint density at radius 1 is 1.20 bits per heavy atom. The maximum atomic E-state index is 12.4. The molecule has 5 heteroatoms. The molecule has 0 aromatic carbocycles. The number of carbonyl (C=O) groups excluding carboxylic acids is 3. The minimum absolute atomic E-state index is 0.0528. The Morgan fingerprint density at radius 3 is 2.35 bits per heavy atom. The van der Waals surface area contributed by atoms with E-state index in [0.29, 0.717) is 6.42 Å². The van der Waals surface area contributed by atoms with E-state index in [0.717, 1.165) is 32.1 Å². The molecule has 1 saturated carbocycles. The molecule has 1 N–H and O–H groups in total. The number of hydrogen-bond acceptors (Lipinski definition) is 3. The Kier molecular flexibility index (Phi) is 4.16. The Balaban J connectivity index is 2.12. The molecule has 20 heavy (non-hydrogen) atoms. The SMILES string of the molecule is CCCC1C(=O)NC(=O)N(C2CCC(C)(C)CC2)C1=O. The van der Waals surface area contributed by atoms with E-state index < -0.39 is 17.9 Å². The molecule has 1 heterocycles. The van der Waals surface area contributed by atoms with Crippen molar-refractivity contribution in [2.75, 3.05) is 0 Å². The summed E-state index contributed by atoms with van der Waals surface area (Å²) in [5.74, 6) is -1.42. The summed E-state index contributed by atoms with van der Waals surface area (Å²) in [5, 5.41) is 2.34. The van der Waals surface area contributed by atoms with Crippen LogP contribution in [0.25, 0.3) is 0 Å². The van der Waals surface area contributed by atoms with E-state index >= 15 is 0 Å². The molecule has 0 bridgehead atoms. The van der Waals surface area contributed by atoms with Crippen molar-refractivity contribution in [1.29, 1.82) is 0 Å². The van der Waals surface area contributed by atoms with Gasteiger partial charge in [-0.25, -0.2) is 4.79 Å². The summed E-state index contributed by atoms with van der Waals surface area (Å²) in [4.78, 5) is 37.5. The number of amides is 4. The molecule has 1 unspecified atom stereocenters. The van der Waals surface area contributed by atoms with Crippen molar-refractivity contribution in [2.45, 2.75) is 65.3 Å². The quantitative estimate of drug-likeness (QED) is 0.807. The Hall–Kier alpha value is -1.39. The number of nitrogens with one attached hydrogen (secondary N) is 1. The van der Waals surface area contributed by atoms with Gasteiger partial charge in [0.05, 0.1) is 0 Å². The van der Waals surface area contributed by atoms with Crippen LogP contribution in [0.3, 0.4) is 0 Å². The second kappa shape index (κ2) is 5.54. The third-order valence-electron chi connectivity index (χ3n) is 4.55. The fourth-order valence-corrected chi connectivity index (χ4v) is 3.16. The highest BCUT2D eigenvalue weighted by Gasteiger charge is 2.44. The zero-order valence-corrected chi connectivity index (χ0v) is 12.6. The van der Waals surface area contributed by atoms with E-state index in [1.807, 2.05) is 6.92 Å². The summed E-state index contributed by atoms with van der Waals surface area (Å²) in [7, 11) is 0. The van der Waals surface area contributed by atoms with Crippen molar-refractivity contribution in [3.8, 4) is 0 Å². The Labute approximate surface area is 120 Å². The van der Waals surface area contributed by atoms with Gasteiger partial charge in [0.2, 0.25) is 11.8 Å². The molecule has 0 radical (unpaired) electrons. The molecule has 5 nitrogen and oxygen atoms in total. The monoisotopic (exact) mass is 280 g/mol. The van der Waals surface area contributed by atoms with Crippen LogP contribution in [-0.4, -0.2) is 28.8 Å². The van der Waals surface area contributed by atoms with Gasteiger partial charge in [-0.3, -0.25) is 19.8 Å². The topological polar surface area (TPSA) is 66.5 Å². The molecule has 2 fully saturated rings. The van der Waals surface area contributed by atoms with Crippen molar-refractivity contribution in [3.05, 3.63) is 0 Å². The van der Waals surface area contributed by atoms with Gasteiger partial charge in [-0.2, -0.15) is 0 Å². The van der Waals surface area contributed by atoms with Crippen LogP contribution in [0.5, 0.6) is 0 Å². The number of hydrogen-bond donors (Lipinski definition) is 1. The summed E-state index contributed by atoms with van der Waals surface area (Å²) in [6.45, 7) is 6.36. The molecule has 0 aromatic heterocycles. The molecule has 112 valence electrons. The normalized spacial score (nSPS) is 27.6. The number of nitrogens with zero attached hydrogens (tertiary/aromatic N) is 1. The fourth-order valence-electron chi connectivity index (χ4n) is 3.16. The molecule has 1 atom stereocenters. The highest BCUT2D eigenvalue weighted by Crippen LogP contribution is 2.37. The van der Waals surface area contributed by atoms with E-state index in [1.54, 1.807) is 0 Å². The number of carbonyl (C=O) groups is 3. The van der Waals surface area contributed by atoms with Crippen LogP contribution < -0.4 is 5.32 Å². The molecular formula is C15H24N2O3. The van der Waals surface area contributed by atoms with Gasteiger partial charge in [0.25, 0.3) is 0 Å². The number of imide groups is 2. The van der Waals surface area contributed by atoms with Crippen LogP contribution in [0.1, 0.15) is 59.3 Å². The van der Waals surface area contributed by atoms with E-state index in [9.17, 15) is 14.4 Å². The Bertz CT molecular complexity index is 421. The summed E-state index contributed by atoms with van der Waals surface area (Å²) >= 11 is 0. The van der Waals surface area contributed by atoms with Crippen LogP contribution in [-0.2, 0) is 9.59 Å². The van der Waals surface area contributed by atoms with Crippen LogP contribution >= 0.6 is 0 Å². The third kappa shape index (κ3) is 2.86. The molecule has 2 rings (SSSR count). The average Bonchev–Trinajstić information content (AvgIpc) is 2.36. The van der Waals surface area contributed by atoms with Gasteiger partial charge < -0.3 is 0 Å². The summed E-state index contributed by atoms with van der Waals surface area (Å²) in [5.41, 5.74) is 0.282. The van der Waals surface area contributed by atoms with Crippen molar-refractivity contribution in [1.82, 2.24) is 10.2 Å². The molecule has 1 aliphatic heterocycles. The zero-order valence-electron chi connectivity index (χ0n) is 12.6. The molecule has 1 aliphatic carbocycles. The van der Waals surface area contributed by atoms with Crippen molar-refractivity contribution >= 4 is 17.8 Å². The summed E-state index contributed by atoms with van der Waals surface area (Å²) in [6, 6.07) is -0.583. The third-order valence-corrected chi connectivity index (χ3v) is 4.55. The van der Waals surface area contributed by atoms with Crippen molar-refractivity contribution < 1.29 is 14.4 Å². The minimum Gasteiger partial charge on any atom is -0.277 e. The lowest BCUT2D eigenvalue weighted by molar-refractivity contribution is -0.145. The van der Waals surface area contributed by atoms with Crippen LogP contribution in [0, 0.1) is 11.3 Å². The van der Waals surface area contributed by atoms with E-state index in [-0.39, 0.29) is 17.4 Å². The van der Waals surface area contributed by atoms with Crippen LogP contribution in [0.15, 0.2) is 0 Å². The van der Waals surface area contributed by atoms with Crippen molar-refractivity contribution in [2.24, 2.45) is 11.3 Å². The predicted molar refractivity (Wildman–Crippen MR) is 74.8 cm³/mol. The summed E-state index contributed by atoms with van der Waals surface area (Å²) < 4.78 is 0. The second-order valence-corrected chi connectivity index (χ2v) is 6.74. The first-order chi connectivity index (χ1) is 9.35. The van der Waals surface area contributed by atoms with Crippen LogP contribution in [0.2, 0.25) is 0 Å². The zero-order chi connectivity index (χ0) is 14.9. The van der Waals surface area contributed by atoms with Gasteiger partial charge in [-0.15, -0.1) is 0 Å². The highest BCUT2D eigenvalue weighted by molar-refractivity contribution is 6.16. The minimum atomic E-state index is -0.687. The van der Waals surface area contributed by atoms with Gasteiger partial charge in [-0.1, -0.05) is 27.2 Å². The maximum absolute atomic E-state index is 12.4. The van der Waals surface area contributed by atoms with Crippen molar-refractivity contribution in [3.63, 3.8) is 0 Å². The number of urea groups is 1. The molecular weight excluding hydrogens is 256 g/mol. The fraction of sp³-hybridized carbons (Fsp3) is 0.800. The van der Waals surface area contributed by atoms with Gasteiger partial charge in [0, 0.05) is 6.04 Å². The predicted octanol–water partition coefficient (Wildman–Crippen LogP) is 2.45. The summed E-state index contributed by atoms with van der Waals surface area (Å²) in [6.07, 6.45) is 4.93.